The van der Waals surface area contributed by atoms with E-state index in [0.717, 1.165) is 5.19 Å². The largest absolute Gasteiger partial charge is 0.430 e. The summed E-state index contributed by atoms with van der Waals surface area (Å²) in [6.07, 6.45) is 0. The molecule has 8 heteroatoms. The van der Waals surface area contributed by atoms with Crippen LogP contribution in [0.1, 0.15) is 0 Å². The Bertz CT molecular complexity index is 639. The van der Waals surface area contributed by atoms with Crippen LogP contribution >= 0.6 is 0 Å². The van der Waals surface area contributed by atoms with Gasteiger partial charge >= 0.3 is 25.7 Å². The Labute approximate surface area is 163 Å². The van der Waals surface area contributed by atoms with Crippen LogP contribution in [0.25, 0.3) is 0 Å². The summed E-state index contributed by atoms with van der Waals surface area (Å²) in [5.41, 5.74) is 5.48. The van der Waals surface area contributed by atoms with E-state index < -0.39 is 34.0 Å². The number of hydrogen-bond acceptors (Lipinski definition) is 4. The van der Waals surface area contributed by atoms with Gasteiger partial charge in [0.25, 0.3) is 0 Å². The summed E-state index contributed by atoms with van der Waals surface area (Å²) in [6, 6.07) is 10.1. The van der Waals surface area contributed by atoms with Crippen LogP contribution in [-0.4, -0.2) is 41.1 Å². The topological polar surface area (TPSA) is 36.9 Å². The summed E-state index contributed by atoms with van der Waals surface area (Å²) in [7, 11) is -8.53. The number of benzene rings is 1. The fourth-order valence-electron chi connectivity index (χ4n) is 2.48. The average Bonchev–Trinajstić information content (AvgIpc) is 2.61. The molecule has 144 valence electrons. The second-order valence-corrected chi connectivity index (χ2v) is 20.9. The smallest absolute Gasteiger partial charge is 0.352 e. The van der Waals surface area contributed by atoms with E-state index >= 15 is 0 Å². The zero-order chi connectivity index (χ0) is 20.1. The zero-order valence-electron chi connectivity index (χ0n) is 16.9. The molecule has 0 saturated heterocycles. The molecule has 0 aliphatic heterocycles. The lowest BCUT2D eigenvalue weighted by Crippen LogP contribution is -2.64. The molecule has 0 aromatic heterocycles. The van der Waals surface area contributed by atoms with E-state index in [0.29, 0.717) is 0 Å². The van der Waals surface area contributed by atoms with Gasteiger partial charge in [-0.15, -0.1) is 19.7 Å². The van der Waals surface area contributed by atoms with Crippen LogP contribution in [-0.2, 0) is 16.8 Å². The highest BCUT2D eigenvalue weighted by Gasteiger charge is 2.48. The molecule has 0 radical (unpaired) electrons. The third kappa shape index (κ3) is 6.10. The minimum atomic E-state index is -2.78. The second-order valence-electron chi connectivity index (χ2n) is 7.07. The summed E-state index contributed by atoms with van der Waals surface area (Å²) >= 11 is 0. The van der Waals surface area contributed by atoms with E-state index in [-0.39, 0.29) is 0 Å². The van der Waals surface area contributed by atoms with Crippen LogP contribution in [0, 0.1) is 0 Å². The number of hydrogen-bond donors (Lipinski definition) is 0. The van der Waals surface area contributed by atoms with E-state index in [9.17, 15) is 0 Å². The van der Waals surface area contributed by atoms with Gasteiger partial charge in [-0.05, 0) is 37.9 Å². The third-order valence-electron chi connectivity index (χ3n) is 4.20. The van der Waals surface area contributed by atoms with Crippen molar-refractivity contribution < 1.29 is 16.8 Å². The number of rotatable bonds is 11. The van der Waals surface area contributed by atoms with Gasteiger partial charge in [-0.1, -0.05) is 47.4 Å². The third-order valence-corrected chi connectivity index (χ3v) is 18.9. The maximum absolute atomic E-state index is 6.71. The van der Waals surface area contributed by atoms with Gasteiger partial charge < -0.3 is 16.8 Å². The lowest BCUT2D eigenvalue weighted by atomic mass is 10.4. The SMILES string of the molecule is C=C[Si](C)(C)O[Si](C)(O[Si](C)(C=C)O[Si](C)(C=C)OC)c1ccccc1. The first-order valence-electron chi connectivity index (χ1n) is 8.59. The van der Waals surface area contributed by atoms with Gasteiger partial charge in [-0.3, -0.25) is 0 Å². The molecule has 4 nitrogen and oxygen atoms in total. The average molecular weight is 425 g/mol. The highest BCUT2D eigenvalue weighted by atomic mass is 28.5. The van der Waals surface area contributed by atoms with Gasteiger partial charge in [-0.2, -0.15) is 0 Å². The van der Waals surface area contributed by atoms with Gasteiger partial charge in [-0.25, -0.2) is 0 Å². The lowest BCUT2D eigenvalue weighted by molar-refractivity contribution is 0.276. The second kappa shape index (κ2) is 8.89. The molecular weight excluding hydrogens is 393 g/mol. The fraction of sp³-hybridized carbons (Fsp3) is 0.333. The molecule has 26 heavy (non-hydrogen) atoms. The standard InChI is InChI=1S/C18H32O4Si4/c1-10-23(5,6)20-26(9,18-16-14-13-15-17-18)22-25(8,12-3)21-24(7,11-2)19-4/h10-17H,1-3H2,4-9H3. The fourth-order valence-corrected chi connectivity index (χ4v) is 17.5. The van der Waals surface area contributed by atoms with Gasteiger partial charge in [0, 0.05) is 7.11 Å². The van der Waals surface area contributed by atoms with Crippen LogP contribution in [0.5, 0.6) is 0 Å². The van der Waals surface area contributed by atoms with Crippen molar-refractivity contribution in [3.8, 4) is 0 Å². The molecule has 0 saturated carbocycles. The molecule has 3 unspecified atom stereocenters. The summed E-state index contributed by atoms with van der Waals surface area (Å²) in [5.74, 6) is 0. The van der Waals surface area contributed by atoms with Crippen LogP contribution in [0.3, 0.4) is 0 Å². The molecule has 0 bridgehead atoms. The lowest BCUT2D eigenvalue weighted by Gasteiger charge is -2.41. The first kappa shape index (κ1) is 23.2. The monoisotopic (exact) mass is 424 g/mol. The van der Waals surface area contributed by atoms with Crippen LogP contribution < -0.4 is 5.19 Å². The van der Waals surface area contributed by atoms with Gasteiger partial charge in [0.15, 0.2) is 8.32 Å². The Morgan fingerprint density at radius 3 is 1.69 bits per heavy atom. The minimum absolute atomic E-state index is 1.06. The van der Waals surface area contributed by atoms with Gasteiger partial charge in [0.05, 0.1) is 0 Å². The predicted octanol–water partition coefficient (Wildman–Crippen LogP) is 4.19. The molecule has 1 aromatic carbocycles. The molecular formula is C18H32O4Si4. The highest BCUT2D eigenvalue weighted by Crippen LogP contribution is 2.25. The summed E-state index contributed by atoms with van der Waals surface area (Å²) in [4.78, 5) is 0. The molecule has 0 N–H and O–H groups in total. The minimum Gasteiger partial charge on any atom is -0.430 e. The van der Waals surface area contributed by atoms with Crippen molar-refractivity contribution in [1.29, 1.82) is 0 Å². The molecule has 0 fully saturated rings. The molecule has 1 aromatic rings. The van der Waals surface area contributed by atoms with Crippen molar-refractivity contribution in [1.82, 2.24) is 0 Å². The van der Waals surface area contributed by atoms with Crippen molar-refractivity contribution in [2.75, 3.05) is 7.11 Å². The summed E-state index contributed by atoms with van der Waals surface area (Å²) in [6.45, 7) is 22.0. The van der Waals surface area contributed by atoms with E-state index in [2.05, 4.69) is 51.5 Å². The van der Waals surface area contributed by atoms with E-state index in [1.807, 2.05) is 37.0 Å². The van der Waals surface area contributed by atoms with Crippen molar-refractivity contribution in [3.05, 3.63) is 67.2 Å². The molecule has 0 heterocycles. The van der Waals surface area contributed by atoms with E-state index in [1.165, 1.54) is 0 Å². The van der Waals surface area contributed by atoms with Crippen molar-refractivity contribution in [3.63, 3.8) is 0 Å². The predicted molar refractivity (Wildman–Crippen MR) is 119 cm³/mol. The van der Waals surface area contributed by atoms with Gasteiger partial charge in [0.1, 0.15) is 0 Å². The summed E-state index contributed by atoms with van der Waals surface area (Å²) < 4.78 is 25.3. The summed E-state index contributed by atoms with van der Waals surface area (Å²) in [5, 5.41) is 1.06. The molecule has 1 rings (SSSR count). The Balaban J connectivity index is 3.32. The van der Waals surface area contributed by atoms with Crippen molar-refractivity contribution >= 4 is 39.2 Å². The maximum Gasteiger partial charge on any atom is 0.352 e. The molecule has 0 aliphatic carbocycles. The van der Waals surface area contributed by atoms with Crippen LogP contribution in [0.2, 0.25) is 32.7 Å². The zero-order valence-corrected chi connectivity index (χ0v) is 20.9. The van der Waals surface area contributed by atoms with Crippen molar-refractivity contribution in [2.24, 2.45) is 0 Å². The van der Waals surface area contributed by atoms with Gasteiger partial charge in [0.2, 0.25) is 0 Å². The van der Waals surface area contributed by atoms with Crippen LogP contribution in [0.15, 0.2) is 67.2 Å². The highest BCUT2D eigenvalue weighted by molar-refractivity contribution is 6.97. The Morgan fingerprint density at radius 1 is 0.731 bits per heavy atom. The quantitative estimate of drug-likeness (QED) is 0.499. The molecule has 3 atom stereocenters. The Kier molecular flexibility index (Phi) is 7.93. The molecule has 0 amide bonds. The normalized spacial score (nSPS) is 18.8. The maximum atomic E-state index is 6.71. The Morgan fingerprint density at radius 2 is 1.27 bits per heavy atom. The van der Waals surface area contributed by atoms with Crippen molar-refractivity contribution in [2.45, 2.75) is 32.7 Å². The first-order chi connectivity index (χ1) is 12.0. The Hall–Kier alpha value is -0.852. The van der Waals surface area contributed by atoms with E-state index in [4.69, 9.17) is 16.8 Å². The molecule has 0 aliphatic rings. The molecule has 0 spiro atoms. The van der Waals surface area contributed by atoms with E-state index in [1.54, 1.807) is 18.5 Å². The van der Waals surface area contributed by atoms with Crippen LogP contribution in [0.4, 0.5) is 0 Å². The first-order valence-corrected chi connectivity index (χ1v) is 18.7.